The third-order valence-corrected chi connectivity index (χ3v) is 2.83. The van der Waals surface area contributed by atoms with E-state index in [9.17, 15) is 13.2 Å². The molecule has 1 aromatic rings. The molecule has 0 aromatic heterocycles. The minimum absolute atomic E-state index is 0.139. The van der Waals surface area contributed by atoms with E-state index in [1.165, 1.54) is 24.3 Å². The van der Waals surface area contributed by atoms with Crippen LogP contribution in [-0.2, 0) is 10.0 Å². The Labute approximate surface area is 91.9 Å². The predicted octanol–water partition coefficient (Wildman–Crippen LogP) is -0.580. The summed E-state index contributed by atoms with van der Waals surface area (Å²) in [5, 5.41) is 8.59. The van der Waals surface area contributed by atoms with Crippen LogP contribution >= 0.6 is 0 Å². The van der Waals surface area contributed by atoms with Gasteiger partial charge in [-0.1, -0.05) is 6.07 Å². The lowest BCUT2D eigenvalue weighted by Gasteiger charge is -2.06. The summed E-state index contributed by atoms with van der Waals surface area (Å²) in [6.07, 6.45) is 0. The van der Waals surface area contributed by atoms with Gasteiger partial charge in [0, 0.05) is 0 Å². The van der Waals surface area contributed by atoms with E-state index < -0.39 is 16.1 Å². The van der Waals surface area contributed by atoms with E-state index in [4.69, 9.17) is 11.0 Å². The van der Waals surface area contributed by atoms with Crippen LogP contribution in [0.15, 0.2) is 29.2 Å². The highest BCUT2D eigenvalue weighted by Gasteiger charge is 2.14. The van der Waals surface area contributed by atoms with Gasteiger partial charge in [-0.15, -0.1) is 4.83 Å². The second-order valence-electron chi connectivity index (χ2n) is 2.73. The topological polar surface area (TPSA) is 125 Å². The first kappa shape index (κ1) is 12.0. The molecule has 0 atom stereocenters. The third-order valence-electron chi connectivity index (χ3n) is 1.58. The number of nitriles is 1. The van der Waals surface area contributed by atoms with Gasteiger partial charge in [0.15, 0.2) is 0 Å². The second kappa shape index (κ2) is 4.61. The molecule has 1 rings (SSSR count). The lowest BCUT2D eigenvalue weighted by Crippen LogP contribution is -2.44. The first-order valence-electron chi connectivity index (χ1n) is 4.03. The zero-order valence-corrected chi connectivity index (χ0v) is 8.78. The fourth-order valence-corrected chi connectivity index (χ4v) is 1.80. The number of nitrogens with two attached hydrogens (primary N) is 1. The van der Waals surface area contributed by atoms with E-state index in [-0.39, 0.29) is 10.5 Å². The molecule has 2 amide bonds. The van der Waals surface area contributed by atoms with Gasteiger partial charge in [-0.05, 0) is 18.2 Å². The summed E-state index contributed by atoms with van der Waals surface area (Å²) in [5.74, 6) is 0. The van der Waals surface area contributed by atoms with Gasteiger partial charge in [0.2, 0.25) is 0 Å². The number of urea groups is 1. The highest BCUT2D eigenvalue weighted by molar-refractivity contribution is 7.89. The normalized spacial score (nSPS) is 10.4. The zero-order chi connectivity index (χ0) is 12.2. The van der Waals surface area contributed by atoms with Gasteiger partial charge in [0.25, 0.3) is 10.0 Å². The molecule has 0 aliphatic rings. The van der Waals surface area contributed by atoms with E-state index >= 15 is 0 Å². The smallest absolute Gasteiger partial charge is 0.327 e. The van der Waals surface area contributed by atoms with Crippen molar-refractivity contribution in [3.05, 3.63) is 29.8 Å². The number of nitrogens with one attached hydrogen (secondary N) is 2. The van der Waals surface area contributed by atoms with Crippen molar-refractivity contribution in [1.29, 1.82) is 5.26 Å². The summed E-state index contributed by atoms with van der Waals surface area (Å²) >= 11 is 0. The molecular weight excluding hydrogens is 232 g/mol. The number of hydrogen-bond donors (Lipinski definition) is 3. The van der Waals surface area contributed by atoms with Crippen LogP contribution in [0.4, 0.5) is 4.79 Å². The van der Waals surface area contributed by atoms with Crippen molar-refractivity contribution >= 4 is 16.1 Å². The number of benzene rings is 1. The fraction of sp³-hybridized carbons (Fsp3) is 0. The fourth-order valence-electron chi connectivity index (χ4n) is 0.909. The van der Waals surface area contributed by atoms with Gasteiger partial charge in [0.05, 0.1) is 16.5 Å². The van der Waals surface area contributed by atoms with E-state index in [1.54, 1.807) is 16.3 Å². The van der Waals surface area contributed by atoms with Crippen LogP contribution in [0.1, 0.15) is 5.56 Å². The Hall–Kier alpha value is -2.11. The quantitative estimate of drug-likeness (QED) is 0.611. The Kier molecular flexibility index (Phi) is 3.44. The van der Waals surface area contributed by atoms with Crippen molar-refractivity contribution in [2.75, 3.05) is 0 Å². The van der Waals surface area contributed by atoms with Gasteiger partial charge in [-0.2, -0.15) is 5.26 Å². The summed E-state index contributed by atoms with van der Waals surface area (Å²) in [6.45, 7) is 0. The molecular formula is C8H8N4O3S. The number of nitrogens with zero attached hydrogens (tertiary/aromatic N) is 1. The number of amides is 2. The van der Waals surface area contributed by atoms with Crippen LogP contribution < -0.4 is 16.0 Å². The average molecular weight is 240 g/mol. The highest BCUT2D eigenvalue weighted by atomic mass is 32.2. The molecule has 0 heterocycles. The van der Waals surface area contributed by atoms with Crippen LogP contribution in [0.25, 0.3) is 0 Å². The Morgan fingerprint density at radius 3 is 2.69 bits per heavy atom. The number of hydrazine groups is 1. The van der Waals surface area contributed by atoms with Crippen LogP contribution in [0.2, 0.25) is 0 Å². The minimum atomic E-state index is -3.90. The predicted molar refractivity (Wildman–Crippen MR) is 54.2 cm³/mol. The highest BCUT2D eigenvalue weighted by Crippen LogP contribution is 2.09. The molecule has 0 bridgehead atoms. The maximum absolute atomic E-state index is 11.5. The Balaban J connectivity index is 2.99. The number of carbonyl (C=O) groups excluding carboxylic acids is 1. The maximum atomic E-state index is 11.5. The van der Waals surface area contributed by atoms with Gasteiger partial charge in [-0.3, -0.25) is 5.43 Å². The summed E-state index contributed by atoms with van der Waals surface area (Å²) in [7, 11) is -3.90. The molecule has 1 aromatic carbocycles. The third kappa shape index (κ3) is 2.94. The van der Waals surface area contributed by atoms with E-state index in [0.29, 0.717) is 0 Å². The molecule has 0 aliphatic carbocycles. The SMILES string of the molecule is N#Cc1cccc(S(=O)(=O)NNC(N)=O)c1. The molecule has 16 heavy (non-hydrogen) atoms. The van der Waals surface area contributed by atoms with E-state index in [0.717, 1.165) is 0 Å². The standard InChI is InChI=1S/C8H8N4O3S/c9-5-6-2-1-3-7(4-6)16(14,15)12-11-8(10)13/h1-4,12H,(H3,10,11,13). The monoisotopic (exact) mass is 240 g/mol. The van der Waals surface area contributed by atoms with Gasteiger partial charge in [-0.25, -0.2) is 13.2 Å². The average Bonchev–Trinajstić information content (AvgIpc) is 2.27. The largest absolute Gasteiger partial charge is 0.351 e. The van der Waals surface area contributed by atoms with Crippen LogP contribution in [0.5, 0.6) is 0 Å². The van der Waals surface area contributed by atoms with Gasteiger partial charge < -0.3 is 5.73 Å². The Morgan fingerprint density at radius 2 is 2.12 bits per heavy atom. The molecule has 0 radical (unpaired) electrons. The number of sulfonamides is 1. The molecule has 84 valence electrons. The molecule has 0 aliphatic heterocycles. The molecule has 0 fully saturated rings. The molecule has 0 spiro atoms. The van der Waals surface area contributed by atoms with Crippen molar-refractivity contribution in [3.63, 3.8) is 0 Å². The molecule has 0 saturated carbocycles. The number of rotatable bonds is 3. The van der Waals surface area contributed by atoms with Gasteiger partial charge >= 0.3 is 6.03 Å². The first-order valence-corrected chi connectivity index (χ1v) is 5.51. The maximum Gasteiger partial charge on any atom is 0.327 e. The van der Waals surface area contributed by atoms with Crippen molar-refractivity contribution in [3.8, 4) is 6.07 Å². The van der Waals surface area contributed by atoms with Crippen molar-refractivity contribution < 1.29 is 13.2 Å². The zero-order valence-electron chi connectivity index (χ0n) is 7.97. The number of carbonyl (C=O) groups is 1. The molecule has 0 unspecified atom stereocenters. The van der Waals surface area contributed by atoms with Gasteiger partial charge in [0.1, 0.15) is 0 Å². The van der Waals surface area contributed by atoms with Crippen molar-refractivity contribution in [1.82, 2.24) is 10.3 Å². The molecule has 7 nitrogen and oxygen atoms in total. The summed E-state index contributed by atoms with van der Waals surface area (Å²) in [5.41, 5.74) is 6.64. The van der Waals surface area contributed by atoms with Crippen LogP contribution in [0.3, 0.4) is 0 Å². The Morgan fingerprint density at radius 1 is 1.44 bits per heavy atom. The molecule has 8 heteroatoms. The van der Waals surface area contributed by atoms with E-state index in [2.05, 4.69) is 0 Å². The van der Waals surface area contributed by atoms with E-state index in [1.807, 2.05) is 0 Å². The Bertz CT molecular complexity index is 547. The summed E-state index contributed by atoms with van der Waals surface area (Å²) in [4.78, 5) is 12.0. The van der Waals surface area contributed by atoms with Crippen LogP contribution in [0, 0.1) is 11.3 Å². The summed E-state index contributed by atoms with van der Waals surface area (Å²) in [6, 6.07) is 6.10. The first-order chi connectivity index (χ1) is 7.45. The second-order valence-corrected chi connectivity index (χ2v) is 4.42. The lowest BCUT2D eigenvalue weighted by atomic mass is 10.2. The number of primary amides is 1. The molecule has 0 saturated heterocycles. The minimum Gasteiger partial charge on any atom is -0.351 e. The van der Waals surface area contributed by atoms with Crippen molar-refractivity contribution in [2.45, 2.75) is 4.90 Å². The summed E-state index contributed by atoms with van der Waals surface area (Å²) < 4.78 is 23.0. The number of hydrogen-bond acceptors (Lipinski definition) is 4. The lowest BCUT2D eigenvalue weighted by molar-refractivity contribution is 0.247. The van der Waals surface area contributed by atoms with Crippen LogP contribution in [-0.4, -0.2) is 14.4 Å². The molecule has 4 N–H and O–H groups in total. The van der Waals surface area contributed by atoms with Crippen molar-refractivity contribution in [2.24, 2.45) is 5.73 Å².